The SMILES string of the molecule is COc1ccccc1Oc1c(OC)nc(-c2ccnc(-c3noc(C)n3)c2)nc1-c1cc(C(C)C)cnc1S(N)(=O)=O. The summed E-state index contributed by atoms with van der Waals surface area (Å²) in [5.41, 5.74) is 1.86. The molecule has 0 bridgehead atoms. The Morgan fingerprint density at radius 2 is 1.69 bits per heavy atom. The van der Waals surface area contributed by atoms with E-state index in [1.54, 1.807) is 55.6 Å². The van der Waals surface area contributed by atoms with E-state index in [0.717, 1.165) is 5.56 Å². The van der Waals surface area contributed by atoms with Gasteiger partial charge in [0.15, 0.2) is 22.3 Å². The van der Waals surface area contributed by atoms with E-state index in [1.165, 1.54) is 20.4 Å². The molecule has 0 saturated heterocycles. The predicted octanol–water partition coefficient (Wildman–Crippen LogP) is 4.54. The first kappa shape index (κ1) is 28.6. The van der Waals surface area contributed by atoms with Crippen molar-refractivity contribution in [3.05, 3.63) is 66.3 Å². The molecule has 5 aromatic rings. The highest BCUT2D eigenvalue weighted by Crippen LogP contribution is 2.44. The lowest BCUT2D eigenvalue weighted by molar-refractivity contribution is 0.347. The zero-order chi connectivity index (χ0) is 30.0. The van der Waals surface area contributed by atoms with Gasteiger partial charge in [0.05, 0.1) is 14.2 Å². The molecule has 0 aliphatic rings. The highest BCUT2D eigenvalue weighted by Gasteiger charge is 2.28. The minimum atomic E-state index is -4.29. The molecule has 0 radical (unpaired) electrons. The molecule has 2 N–H and O–H groups in total. The zero-order valence-corrected chi connectivity index (χ0v) is 24.2. The molecule has 13 nitrogen and oxygen atoms in total. The van der Waals surface area contributed by atoms with Crippen LogP contribution in [0.25, 0.3) is 34.2 Å². The van der Waals surface area contributed by atoms with E-state index in [0.29, 0.717) is 28.6 Å². The summed E-state index contributed by atoms with van der Waals surface area (Å²) >= 11 is 0. The summed E-state index contributed by atoms with van der Waals surface area (Å²) in [6.07, 6.45) is 3.01. The van der Waals surface area contributed by atoms with Crippen molar-refractivity contribution < 1.29 is 27.2 Å². The first-order chi connectivity index (χ1) is 20.1. The molecule has 4 aromatic heterocycles. The van der Waals surface area contributed by atoms with Gasteiger partial charge in [0, 0.05) is 30.4 Å². The van der Waals surface area contributed by atoms with E-state index in [9.17, 15) is 8.42 Å². The fourth-order valence-electron chi connectivity index (χ4n) is 4.06. The number of nitrogens with zero attached hydrogens (tertiary/aromatic N) is 6. The molecule has 0 atom stereocenters. The molecule has 0 aliphatic heterocycles. The Balaban J connectivity index is 1.80. The van der Waals surface area contributed by atoms with Crippen molar-refractivity contribution in [2.24, 2.45) is 5.14 Å². The summed E-state index contributed by atoms with van der Waals surface area (Å²) in [6.45, 7) is 5.57. The van der Waals surface area contributed by atoms with Crippen molar-refractivity contribution >= 4 is 10.0 Å². The Hall–Kier alpha value is -4.95. The van der Waals surface area contributed by atoms with Crippen LogP contribution in [0, 0.1) is 6.92 Å². The summed E-state index contributed by atoms with van der Waals surface area (Å²) in [7, 11) is -1.38. The van der Waals surface area contributed by atoms with Crippen molar-refractivity contribution in [2.45, 2.75) is 31.7 Å². The molecule has 4 heterocycles. The highest BCUT2D eigenvalue weighted by molar-refractivity contribution is 7.89. The van der Waals surface area contributed by atoms with Gasteiger partial charge in [-0.25, -0.2) is 23.5 Å². The minimum Gasteiger partial charge on any atom is -0.493 e. The van der Waals surface area contributed by atoms with Gasteiger partial charge < -0.3 is 18.7 Å². The molecule has 0 unspecified atom stereocenters. The fourth-order valence-corrected chi connectivity index (χ4v) is 4.72. The maximum atomic E-state index is 12.7. The predicted molar refractivity (Wildman–Crippen MR) is 152 cm³/mol. The van der Waals surface area contributed by atoms with Crippen LogP contribution in [0.2, 0.25) is 0 Å². The molecule has 42 heavy (non-hydrogen) atoms. The molecule has 0 aliphatic carbocycles. The van der Waals surface area contributed by atoms with Gasteiger partial charge in [-0.3, -0.25) is 4.98 Å². The number of hydrogen-bond donors (Lipinski definition) is 1. The number of primary sulfonamides is 1. The summed E-state index contributed by atoms with van der Waals surface area (Å²) < 4.78 is 48.0. The second-order valence-corrected chi connectivity index (χ2v) is 10.9. The maximum Gasteiger partial charge on any atom is 0.261 e. The second kappa shape index (κ2) is 11.5. The van der Waals surface area contributed by atoms with Gasteiger partial charge in [-0.1, -0.05) is 31.1 Å². The Labute approximate surface area is 241 Å². The third-order valence-corrected chi connectivity index (χ3v) is 7.01. The molecule has 0 saturated carbocycles. The Kier molecular flexibility index (Phi) is 7.83. The normalized spacial score (nSPS) is 11.5. The van der Waals surface area contributed by atoms with Crippen LogP contribution in [0.5, 0.6) is 23.1 Å². The number of rotatable bonds is 9. The van der Waals surface area contributed by atoms with E-state index in [-0.39, 0.29) is 45.5 Å². The highest BCUT2D eigenvalue weighted by atomic mass is 32.2. The third kappa shape index (κ3) is 5.75. The van der Waals surface area contributed by atoms with E-state index < -0.39 is 10.0 Å². The van der Waals surface area contributed by atoms with Crippen LogP contribution in [-0.2, 0) is 10.0 Å². The van der Waals surface area contributed by atoms with Gasteiger partial charge in [-0.2, -0.15) is 9.97 Å². The van der Waals surface area contributed by atoms with Crippen LogP contribution < -0.4 is 19.3 Å². The van der Waals surface area contributed by atoms with Gasteiger partial charge >= 0.3 is 0 Å². The summed E-state index contributed by atoms with van der Waals surface area (Å²) in [5, 5.41) is 9.16. The number of methoxy groups -OCH3 is 2. The lowest BCUT2D eigenvalue weighted by atomic mass is 10.0. The first-order valence-electron chi connectivity index (χ1n) is 12.7. The van der Waals surface area contributed by atoms with Gasteiger partial charge in [0.1, 0.15) is 11.4 Å². The molecular formula is C28H27N7O6S. The average molecular weight is 590 g/mol. The monoisotopic (exact) mass is 589 g/mol. The molecular weight excluding hydrogens is 562 g/mol. The van der Waals surface area contributed by atoms with Gasteiger partial charge in [-0.05, 0) is 41.8 Å². The van der Waals surface area contributed by atoms with E-state index >= 15 is 0 Å². The molecule has 216 valence electrons. The lowest BCUT2D eigenvalue weighted by Crippen LogP contribution is -2.16. The number of sulfonamides is 1. The zero-order valence-electron chi connectivity index (χ0n) is 23.4. The number of benzene rings is 1. The van der Waals surface area contributed by atoms with Crippen LogP contribution in [-0.4, -0.2) is 52.7 Å². The summed E-state index contributed by atoms with van der Waals surface area (Å²) in [4.78, 5) is 22.1. The number of para-hydroxylation sites is 2. The number of aryl methyl sites for hydroxylation is 1. The van der Waals surface area contributed by atoms with Crippen molar-refractivity contribution in [3.8, 4) is 57.3 Å². The van der Waals surface area contributed by atoms with Gasteiger partial charge in [-0.15, -0.1) is 0 Å². The van der Waals surface area contributed by atoms with Crippen molar-refractivity contribution in [3.63, 3.8) is 0 Å². The average Bonchev–Trinajstić information content (AvgIpc) is 3.43. The van der Waals surface area contributed by atoms with E-state index in [1.807, 2.05) is 13.8 Å². The molecule has 14 heteroatoms. The molecule has 0 spiro atoms. The maximum absolute atomic E-state index is 12.7. The standard InChI is InChI=1S/C28H27N7O6S/c1-15(2)18-12-19(28(31-14-18)42(29,36)37)23-24(40-22-9-7-6-8-21(22)38-4)27(39-5)34-25(33-23)17-10-11-30-20(13-17)26-32-16(3)41-35-26/h6-15H,1-5H3,(H2,29,36,37). The van der Waals surface area contributed by atoms with Crippen molar-refractivity contribution in [1.29, 1.82) is 0 Å². The Bertz CT molecular complexity index is 1870. The molecule has 0 amide bonds. The van der Waals surface area contributed by atoms with Crippen LogP contribution in [0.1, 0.15) is 31.2 Å². The molecule has 5 rings (SSSR count). The number of aromatic nitrogens is 6. The van der Waals surface area contributed by atoms with Crippen LogP contribution >= 0.6 is 0 Å². The van der Waals surface area contributed by atoms with Crippen LogP contribution in [0.4, 0.5) is 0 Å². The second-order valence-electron chi connectivity index (χ2n) is 9.37. The van der Waals surface area contributed by atoms with Gasteiger partial charge in [0.2, 0.25) is 17.5 Å². The van der Waals surface area contributed by atoms with E-state index in [2.05, 4.69) is 25.1 Å². The minimum absolute atomic E-state index is 0.00809. The molecule has 1 aromatic carbocycles. The fraction of sp³-hybridized carbons (Fsp3) is 0.214. The molecule has 0 fully saturated rings. The Morgan fingerprint density at radius 3 is 2.33 bits per heavy atom. The van der Waals surface area contributed by atoms with Gasteiger partial charge in [0.25, 0.3) is 15.9 Å². The number of nitrogens with two attached hydrogens (primary N) is 1. The quantitative estimate of drug-likeness (QED) is 0.254. The Morgan fingerprint density at radius 1 is 0.929 bits per heavy atom. The number of ether oxygens (including phenoxy) is 3. The first-order valence-corrected chi connectivity index (χ1v) is 14.2. The number of hydrogen-bond acceptors (Lipinski definition) is 12. The summed E-state index contributed by atoms with van der Waals surface area (Å²) in [5.74, 6) is 1.63. The van der Waals surface area contributed by atoms with Crippen LogP contribution in [0.15, 0.2) is 64.4 Å². The van der Waals surface area contributed by atoms with E-state index in [4.69, 9.17) is 28.9 Å². The van der Waals surface area contributed by atoms with Crippen molar-refractivity contribution in [2.75, 3.05) is 14.2 Å². The summed E-state index contributed by atoms with van der Waals surface area (Å²) in [6, 6.07) is 12.0. The smallest absolute Gasteiger partial charge is 0.261 e. The third-order valence-electron chi connectivity index (χ3n) is 6.15. The largest absolute Gasteiger partial charge is 0.493 e. The van der Waals surface area contributed by atoms with Crippen LogP contribution in [0.3, 0.4) is 0 Å². The topological polar surface area (TPSA) is 178 Å². The lowest BCUT2D eigenvalue weighted by Gasteiger charge is -2.18. The van der Waals surface area contributed by atoms with Crippen molar-refractivity contribution in [1.82, 2.24) is 30.1 Å². The number of pyridine rings is 2.